The fraction of sp³-hybridized carbons (Fsp3) is 0.538. The van der Waals surface area contributed by atoms with Gasteiger partial charge in [0.05, 0.1) is 35.7 Å². The molecule has 0 aliphatic carbocycles. The summed E-state index contributed by atoms with van der Waals surface area (Å²) >= 11 is 18.6. The van der Waals surface area contributed by atoms with E-state index in [-0.39, 0.29) is 17.9 Å². The number of morpholine rings is 1. The molecule has 34 heavy (non-hydrogen) atoms. The highest BCUT2D eigenvalue weighted by molar-refractivity contribution is 6.37. The topological polar surface area (TPSA) is 51.2 Å². The Hall–Kier alpha value is -1.21. The number of nitrogens with zero attached hydrogens (tertiary/aromatic N) is 1. The summed E-state index contributed by atoms with van der Waals surface area (Å²) in [6, 6.07) is 11.9. The molecule has 2 atom stereocenters. The molecule has 1 N–H and O–H groups in total. The molecule has 5 nitrogen and oxygen atoms in total. The largest absolute Gasteiger partial charge is 0.493 e. The Balaban J connectivity index is 1.62. The zero-order valence-corrected chi connectivity index (χ0v) is 22.3. The van der Waals surface area contributed by atoms with Crippen molar-refractivity contribution in [2.24, 2.45) is 5.92 Å². The minimum Gasteiger partial charge on any atom is -0.493 e. The van der Waals surface area contributed by atoms with Crippen LogP contribution in [0.25, 0.3) is 0 Å². The minimum atomic E-state index is -0.784. The maximum absolute atomic E-state index is 9.64. The van der Waals surface area contributed by atoms with Crippen molar-refractivity contribution in [2.75, 3.05) is 51.9 Å². The van der Waals surface area contributed by atoms with Crippen LogP contribution in [0.1, 0.15) is 31.9 Å². The van der Waals surface area contributed by atoms with Crippen LogP contribution in [0.5, 0.6) is 11.5 Å². The predicted molar refractivity (Wildman–Crippen MR) is 139 cm³/mol. The van der Waals surface area contributed by atoms with Gasteiger partial charge in [-0.3, -0.25) is 4.90 Å². The van der Waals surface area contributed by atoms with Gasteiger partial charge in [-0.1, -0.05) is 56.1 Å². The van der Waals surface area contributed by atoms with Crippen LogP contribution >= 0.6 is 34.8 Å². The van der Waals surface area contributed by atoms with E-state index in [2.05, 4.69) is 37.8 Å². The van der Waals surface area contributed by atoms with Crippen molar-refractivity contribution in [1.82, 2.24) is 4.90 Å². The second-order valence-corrected chi connectivity index (χ2v) is 10.5. The molecule has 0 aromatic heterocycles. The van der Waals surface area contributed by atoms with E-state index < -0.39 is 6.10 Å². The first-order valence-electron chi connectivity index (χ1n) is 11.6. The molecule has 1 fully saturated rings. The molecule has 0 saturated carbocycles. The number of aliphatic hydroxyl groups is 1. The second-order valence-electron chi connectivity index (χ2n) is 9.37. The van der Waals surface area contributed by atoms with Gasteiger partial charge in [-0.25, -0.2) is 0 Å². The van der Waals surface area contributed by atoms with Gasteiger partial charge in [-0.05, 0) is 35.4 Å². The van der Waals surface area contributed by atoms with Crippen LogP contribution in [0.15, 0.2) is 36.4 Å². The highest BCUT2D eigenvalue weighted by atomic mass is 35.5. The Morgan fingerprint density at radius 2 is 1.62 bits per heavy atom. The standard InChI is InChI=1S/C26H34Cl3NO4/c1-18(15-30-8-10-32-11-9-30)16-33-22-6-4-19(5-7-22)26(2,3)20-12-23(28)25(24(29)13-20)34-17-21(31)14-27/h4-7,12-13,18,21,31H,8-11,14-17H2,1-3H3/t18-,21-/m1/s1. The molecule has 188 valence electrons. The van der Waals surface area contributed by atoms with Crippen LogP contribution in [0.2, 0.25) is 10.0 Å². The Bertz CT molecular complexity index is 894. The van der Waals surface area contributed by atoms with Gasteiger partial charge in [0, 0.05) is 31.0 Å². The lowest BCUT2D eigenvalue weighted by atomic mass is 9.78. The first-order valence-corrected chi connectivity index (χ1v) is 12.9. The second kappa shape index (κ2) is 12.7. The molecular formula is C26H34Cl3NO4. The number of hydrogen-bond donors (Lipinski definition) is 1. The summed E-state index contributed by atoms with van der Waals surface area (Å²) in [6.45, 7) is 11.8. The molecule has 1 aliphatic rings. The Kier molecular flexibility index (Phi) is 10.2. The Labute approximate surface area is 217 Å². The highest BCUT2D eigenvalue weighted by Gasteiger charge is 2.26. The summed E-state index contributed by atoms with van der Waals surface area (Å²) in [5, 5.41) is 10.4. The van der Waals surface area contributed by atoms with Crippen LogP contribution in [0.3, 0.4) is 0 Å². The highest BCUT2D eigenvalue weighted by Crippen LogP contribution is 2.40. The van der Waals surface area contributed by atoms with Crippen molar-refractivity contribution < 1.29 is 19.3 Å². The van der Waals surface area contributed by atoms with E-state index >= 15 is 0 Å². The van der Waals surface area contributed by atoms with E-state index in [9.17, 15) is 5.11 Å². The number of halogens is 3. The van der Waals surface area contributed by atoms with E-state index in [0.29, 0.717) is 28.3 Å². The molecule has 1 heterocycles. The quantitative estimate of drug-likeness (QED) is 0.381. The van der Waals surface area contributed by atoms with Crippen LogP contribution in [-0.4, -0.2) is 68.1 Å². The molecule has 1 saturated heterocycles. The SMILES string of the molecule is C[C@@H](COc1ccc(C(C)(C)c2cc(Cl)c(OC[C@H](O)CCl)c(Cl)c2)cc1)CN1CCOCC1. The summed E-state index contributed by atoms with van der Waals surface area (Å²) in [7, 11) is 0. The van der Waals surface area contributed by atoms with Crippen molar-refractivity contribution in [3.05, 3.63) is 57.6 Å². The summed E-state index contributed by atoms with van der Waals surface area (Å²) < 4.78 is 17.0. The van der Waals surface area contributed by atoms with E-state index in [1.165, 1.54) is 0 Å². The smallest absolute Gasteiger partial charge is 0.156 e. The normalized spacial score (nSPS) is 16.8. The maximum Gasteiger partial charge on any atom is 0.156 e. The van der Waals surface area contributed by atoms with Crippen molar-refractivity contribution >= 4 is 34.8 Å². The summed E-state index contributed by atoms with van der Waals surface area (Å²) in [4.78, 5) is 2.43. The van der Waals surface area contributed by atoms with Gasteiger partial charge in [0.25, 0.3) is 0 Å². The zero-order chi connectivity index (χ0) is 24.7. The molecule has 8 heteroatoms. The van der Waals surface area contributed by atoms with Crippen molar-refractivity contribution in [3.8, 4) is 11.5 Å². The fourth-order valence-corrected chi connectivity index (χ4v) is 4.62. The van der Waals surface area contributed by atoms with Crippen LogP contribution in [0.4, 0.5) is 0 Å². The molecular weight excluding hydrogens is 497 g/mol. The molecule has 1 aliphatic heterocycles. The summed E-state index contributed by atoms with van der Waals surface area (Å²) in [5.41, 5.74) is 1.73. The average Bonchev–Trinajstić information content (AvgIpc) is 2.82. The molecule has 0 radical (unpaired) electrons. The lowest BCUT2D eigenvalue weighted by molar-refractivity contribution is 0.0283. The summed E-state index contributed by atoms with van der Waals surface area (Å²) in [5.74, 6) is 1.71. The third kappa shape index (κ3) is 7.39. The number of benzene rings is 2. The van der Waals surface area contributed by atoms with E-state index in [1.54, 1.807) is 0 Å². The Morgan fingerprint density at radius 1 is 1.00 bits per heavy atom. The van der Waals surface area contributed by atoms with E-state index in [1.807, 2.05) is 24.3 Å². The number of alkyl halides is 1. The monoisotopic (exact) mass is 529 g/mol. The van der Waals surface area contributed by atoms with Crippen LogP contribution in [0, 0.1) is 5.92 Å². The first-order chi connectivity index (χ1) is 16.2. The van der Waals surface area contributed by atoms with E-state index in [4.69, 9.17) is 49.0 Å². The lowest BCUT2D eigenvalue weighted by Crippen LogP contribution is -2.39. The first kappa shape index (κ1) is 27.4. The average molecular weight is 531 g/mol. The molecule has 0 bridgehead atoms. The summed E-state index contributed by atoms with van der Waals surface area (Å²) in [6.07, 6.45) is -0.784. The van der Waals surface area contributed by atoms with Gasteiger partial charge in [0.1, 0.15) is 18.5 Å². The number of hydrogen-bond acceptors (Lipinski definition) is 5. The lowest BCUT2D eigenvalue weighted by Gasteiger charge is -2.29. The third-order valence-electron chi connectivity index (χ3n) is 6.10. The molecule has 2 aromatic rings. The zero-order valence-electron chi connectivity index (χ0n) is 20.0. The van der Waals surface area contributed by atoms with Crippen molar-refractivity contribution in [3.63, 3.8) is 0 Å². The van der Waals surface area contributed by atoms with Gasteiger partial charge in [-0.2, -0.15) is 0 Å². The van der Waals surface area contributed by atoms with Gasteiger partial charge in [0.15, 0.2) is 5.75 Å². The minimum absolute atomic E-state index is 0.0260. The molecule has 2 aromatic carbocycles. The van der Waals surface area contributed by atoms with Gasteiger partial charge in [0.2, 0.25) is 0 Å². The maximum atomic E-state index is 9.64. The molecule has 0 amide bonds. The van der Waals surface area contributed by atoms with Crippen molar-refractivity contribution in [2.45, 2.75) is 32.3 Å². The molecule has 0 unspecified atom stereocenters. The molecule has 0 spiro atoms. The van der Waals surface area contributed by atoms with Gasteiger partial charge >= 0.3 is 0 Å². The predicted octanol–water partition coefficient (Wildman–Crippen LogP) is 5.64. The third-order valence-corrected chi connectivity index (χ3v) is 7.02. The number of aliphatic hydroxyl groups excluding tert-OH is 1. The fourth-order valence-electron chi connectivity index (χ4n) is 3.93. The van der Waals surface area contributed by atoms with Gasteiger partial charge < -0.3 is 19.3 Å². The van der Waals surface area contributed by atoms with Crippen molar-refractivity contribution in [1.29, 1.82) is 0 Å². The van der Waals surface area contributed by atoms with E-state index in [0.717, 1.165) is 49.7 Å². The number of rotatable bonds is 11. The van der Waals surface area contributed by atoms with Crippen LogP contribution in [-0.2, 0) is 10.2 Å². The molecule has 3 rings (SSSR count). The van der Waals surface area contributed by atoms with Crippen LogP contribution < -0.4 is 9.47 Å². The van der Waals surface area contributed by atoms with Gasteiger partial charge in [-0.15, -0.1) is 11.6 Å². The number of ether oxygens (including phenoxy) is 3. The Morgan fingerprint density at radius 3 is 2.21 bits per heavy atom.